The van der Waals surface area contributed by atoms with Gasteiger partial charge in [0.05, 0.1) is 18.8 Å². The lowest BCUT2D eigenvalue weighted by molar-refractivity contribution is -0.159. The van der Waals surface area contributed by atoms with E-state index in [1.807, 2.05) is 23.6 Å². The zero-order chi connectivity index (χ0) is 23.6. The summed E-state index contributed by atoms with van der Waals surface area (Å²) in [7, 11) is 0. The Morgan fingerprint density at radius 3 is 2.60 bits per heavy atom. The van der Waals surface area contributed by atoms with Crippen LogP contribution in [0.3, 0.4) is 0 Å². The van der Waals surface area contributed by atoms with Crippen LogP contribution in [0.1, 0.15) is 79.7 Å². The van der Waals surface area contributed by atoms with Crippen molar-refractivity contribution in [2.45, 2.75) is 87.6 Å². The number of nitrogens with zero attached hydrogens (tertiary/aromatic N) is 1. The second-order valence-corrected chi connectivity index (χ2v) is 12.1. The average molecular weight is 495 g/mol. The van der Waals surface area contributed by atoms with Crippen LogP contribution in [0.25, 0.3) is 5.57 Å². The van der Waals surface area contributed by atoms with E-state index >= 15 is 0 Å². The highest BCUT2D eigenvalue weighted by atomic mass is 32.1. The van der Waals surface area contributed by atoms with Gasteiger partial charge in [0.1, 0.15) is 0 Å². The van der Waals surface area contributed by atoms with Crippen LogP contribution in [-0.2, 0) is 26.2 Å². The molecular formula is C29H38N2O3S. The van der Waals surface area contributed by atoms with Crippen LogP contribution in [-0.4, -0.2) is 42.7 Å². The predicted octanol–water partition coefficient (Wildman–Crippen LogP) is 5.99. The van der Waals surface area contributed by atoms with Gasteiger partial charge in [-0.1, -0.05) is 25.0 Å². The molecule has 1 unspecified atom stereocenters. The van der Waals surface area contributed by atoms with E-state index in [2.05, 4.69) is 35.7 Å². The minimum atomic E-state index is -0.337. The highest BCUT2D eigenvalue weighted by Crippen LogP contribution is 2.49. The molecule has 0 aromatic carbocycles. The highest BCUT2D eigenvalue weighted by Gasteiger charge is 2.48. The Morgan fingerprint density at radius 2 is 1.83 bits per heavy atom. The molecule has 2 spiro atoms. The Morgan fingerprint density at radius 1 is 0.943 bits per heavy atom. The molecule has 1 N–H and O–H groups in total. The summed E-state index contributed by atoms with van der Waals surface area (Å²) in [5, 5.41) is 3.76. The van der Waals surface area contributed by atoms with Gasteiger partial charge in [-0.15, -0.1) is 11.3 Å². The summed E-state index contributed by atoms with van der Waals surface area (Å²) < 4.78 is 18.1. The first-order chi connectivity index (χ1) is 17.2. The van der Waals surface area contributed by atoms with Gasteiger partial charge >= 0.3 is 0 Å². The van der Waals surface area contributed by atoms with Crippen LogP contribution in [0.2, 0.25) is 0 Å². The summed E-state index contributed by atoms with van der Waals surface area (Å²) in [5.74, 6) is -0.337. The molecule has 1 atom stereocenters. The lowest BCUT2D eigenvalue weighted by Crippen LogP contribution is -2.47. The van der Waals surface area contributed by atoms with Gasteiger partial charge in [0.25, 0.3) is 0 Å². The topological polar surface area (TPSA) is 52.6 Å². The van der Waals surface area contributed by atoms with Crippen LogP contribution in [0.5, 0.6) is 0 Å². The molecule has 188 valence electrons. The van der Waals surface area contributed by atoms with Crippen LogP contribution in [0.15, 0.2) is 42.6 Å². The number of pyridine rings is 1. The molecule has 0 amide bonds. The van der Waals surface area contributed by atoms with Crippen molar-refractivity contribution in [2.75, 3.05) is 26.4 Å². The quantitative estimate of drug-likeness (QED) is 0.479. The fourth-order valence-corrected chi connectivity index (χ4v) is 7.82. The third-order valence-corrected chi connectivity index (χ3v) is 9.84. The lowest BCUT2D eigenvalue weighted by Gasteiger charge is -2.46. The zero-order valence-corrected chi connectivity index (χ0v) is 21.5. The number of ether oxygens (including phenoxy) is 3. The molecule has 0 bridgehead atoms. The van der Waals surface area contributed by atoms with Crippen molar-refractivity contribution >= 4 is 16.9 Å². The lowest BCUT2D eigenvalue weighted by atomic mass is 9.68. The van der Waals surface area contributed by atoms with Crippen molar-refractivity contribution in [3.63, 3.8) is 0 Å². The molecule has 4 aliphatic rings. The molecule has 4 heterocycles. The van der Waals surface area contributed by atoms with Crippen molar-refractivity contribution in [2.24, 2.45) is 0 Å². The Labute approximate surface area is 213 Å². The second-order valence-electron chi connectivity index (χ2n) is 10.9. The maximum atomic E-state index is 6.40. The van der Waals surface area contributed by atoms with Gasteiger partial charge < -0.3 is 19.5 Å². The maximum absolute atomic E-state index is 6.40. The Hall–Kier alpha value is -1.57. The Bertz CT molecular complexity index is 1020. The molecule has 6 heteroatoms. The molecule has 35 heavy (non-hydrogen) atoms. The number of allylic oxidation sites excluding steroid dienone is 1. The van der Waals surface area contributed by atoms with E-state index in [0.717, 1.165) is 71.4 Å². The summed E-state index contributed by atoms with van der Waals surface area (Å²) in [4.78, 5) is 7.64. The van der Waals surface area contributed by atoms with Gasteiger partial charge in [0.2, 0.25) is 0 Å². The van der Waals surface area contributed by atoms with Crippen LogP contribution in [0, 0.1) is 0 Å². The van der Waals surface area contributed by atoms with Crippen molar-refractivity contribution < 1.29 is 14.2 Å². The van der Waals surface area contributed by atoms with Crippen molar-refractivity contribution in [1.29, 1.82) is 0 Å². The summed E-state index contributed by atoms with van der Waals surface area (Å²) in [6.07, 6.45) is 15.5. The minimum absolute atomic E-state index is 0.0826. The molecule has 2 aliphatic carbocycles. The predicted molar refractivity (Wildman–Crippen MR) is 139 cm³/mol. The molecule has 5 nitrogen and oxygen atoms in total. The van der Waals surface area contributed by atoms with Crippen molar-refractivity contribution in [1.82, 2.24) is 10.3 Å². The molecule has 3 fully saturated rings. The third kappa shape index (κ3) is 5.01. The molecule has 0 radical (unpaired) electrons. The number of thiophene rings is 1. The number of nitrogens with one attached hydrogen (secondary N) is 1. The van der Waals surface area contributed by atoms with Gasteiger partial charge in [-0.25, -0.2) is 0 Å². The van der Waals surface area contributed by atoms with E-state index in [9.17, 15) is 0 Å². The Balaban J connectivity index is 1.07. The number of rotatable bonds is 7. The first kappa shape index (κ1) is 23.8. The van der Waals surface area contributed by atoms with E-state index in [-0.39, 0.29) is 16.8 Å². The van der Waals surface area contributed by atoms with Crippen LogP contribution < -0.4 is 5.32 Å². The fraction of sp³-hybridized carbons (Fsp3) is 0.621. The number of hydrogen-bond donors (Lipinski definition) is 1. The van der Waals surface area contributed by atoms with Crippen molar-refractivity contribution in [3.8, 4) is 0 Å². The molecule has 2 aromatic heterocycles. The van der Waals surface area contributed by atoms with E-state index in [1.165, 1.54) is 46.7 Å². The zero-order valence-electron chi connectivity index (χ0n) is 20.7. The SMILES string of the molecule is C1=C(c2ccc(CNCCC3(c4ccccn4)CCOC4(CCCC4)C3)s2)CCC2(C1)OCCO2. The second kappa shape index (κ2) is 10.1. The van der Waals surface area contributed by atoms with Gasteiger partial charge in [0, 0.05) is 53.1 Å². The van der Waals surface area contributed by atoms with Crippen LogP contribution in [0.4, 0.5) is 0 Å². The molecule has 2 aliphatic heterocycles. The molecule has 2 aromatic rings. The molecule has 1 saturated carbocycles. The third-order valence-electron chi connectivity index (χ3n) is 8.68. The standard InChI is InChI=1S/C29H38N2O3S/c1-4-16-31-26(5-1)27(15-18-32-28(22-27)10-2-3-11-28)14-17-30-21-24-6-7-25(35-24)23-8-12-29(13-9-23)33-19-20-34-29/h1,4-8,16,30H,2-3,9-15,17-22H2. The van der Waals surface area contributed by atoms with E-state index in [0.29, 0.717) is 0 Å². The average Bonchev–Trinajstić information content (AvgIpc) is 3.66. The van der Waals surface area contributed by atoms with Gasteiger partial charge in [-0.05, 0) is 74.9 Å². The summed E-state index contributed by atoms with van der Waals surface area (Å²) in [5.41, 5.74) is 2.90. The first-order valence-electron chi connectivity index (χ1n) is 13.5. The largest absolute Gasteiger partial charge is 0.375 e. The van der Waals surface area contributed by atoms with Crippen molar-refractivity contribution in [3.05, 3.63) is 58.1 Å². The summed E-state index contributed by atoms with van der Waals surface area (Å²) >= 11 is 1.92. The van der Waals surface area contributed by atoms with Gasteiger partial charge in [-0.2, -0.15) is 0 Å². The molecule has 6 rings (SSSR count). The smallest absolute Gasteiger partial charge is 0.172 e. The number of aromatic nitrogens is 1. The summed E-state index contributed by atoms with van der Waals surface area (Å²) in [6.45, 7) is 4.24. The van der Waals surface area contributed by atoms with E-state index < -0.39 is 0 Å². The summed E-state index contributed by atoms with van der Waals surface area (Å²) in [6, 6.07) is 11.0. The Kier molecular flexibility index (Phi) is 6.84. The first-order valence-corrected chi connectivity index (χ1v) is 14.3. The molecular weight excluding hydrogens is 456 g/mol. The van der Waals surface area contributed by atoms with Crippen LogP contribution >= 0.6 is 11.3 Å². The van der Waals surface area contributed by atoms with Gasteiger partial charge in [-0.3, -0.25) is 4.98 Å². The van der Waals surface area contributed by atoms with Gasteiger partial charge in [0.15, 0.2) is 5.79 Å². The monoisotopic (exact) mass is 494 g/mol. The maximum Gasteiger partial charge on any atom is 0.172 e. The number of hydrogen-bond acceptors (Lipinski definition) is 6. The fourth-order valence-electron chi connectivity index (χ4n) is 6.77. The van der Waals surface area contributed by atoms with E-state index in [1.54, 1.807) is 0 Å². The molecule has 2 saturated heterocycles. The van der Waals surface area contributed by atoms with E-state index in [4.69, 9.17) is 19.2 Å². The highest BCUT2D eigenvalue weighted by molar-refractivity contribution is 7.13. The normalized spacial score (nSPS) is 27.5. The minimum Gasteiger partial charge on any atom is -0.375 e.